The lowest BCUT2D eigenvalue weighted by Crippen LogP contribution is -2.53. The van der Waals surface area contributed by atoms with E-state index in [1.54, 1.807) is 5.57 Å². The van der Waals surface area contributed by atoms with Crippen molar-refractivity contribution in [2.24, 2.45) is 11.3 Å². The van der Waals surface area contributed by atoms with E-state index in [1.807, 2.05) is 0 Å². The first-order valence-corrected chi connectivity index (χ1v) is 8.35. The van der Waals surface area contributed by atoms with E-state index < -0.39 is 0 Å². The molecule has 1 aliphatic carbocycles. The topological polar surface area (TPSA) is 15.3 Å². The van der Waals surface area contributed by atoms with Crippen LogP contribution in [0.4, 0.5) is 0 Å². The van der Waals surface area contributed by atoms with Crippen molar-refractivity contribution in [1.82, 2.24) is 10.2 Å². The summed E-state index contributed by atoms with van der Waals surface area (Å²) in [5.74, 6) is 0.860. The third-order valence-electron chi connectivity index (χ3n) is 4.94. The molecule has 20 heavy (non-hydrogen) atoms. The first kappa shape index (κ1) is 16.0. The molecule has 0 amide bonds. The van der Waals surface area contributed by atoms with Gasteiger partial charge in [-0.25, -0.2) is 0 Å². The molecule has 2 unspecified atom stereocenters. The molecule has 0 radical (unpaired) electrons. The Kier molecular flexibility index (Phi) is 4.66. The van der Waals surface area contributed by atoms with Crippen molar-refractivity contribution in [2.75, 3.05) is 19.6 Å². The Hall–Kier alpha value is -0.340. The van der Waals surface area contributed by atoms with Crippen molar-refractivity contribution in [3.63, 3.8) is 0 Å². The van der Waals surface area contributed by atoms with Gasteiger partial charge in [0.2, 0.25) is 0 Å². The molecule has 2 rings (SSSR count). The standard InChI is InChI=1S/C18H34N2/c1-17(2,3)15-9-11-20(12-10-15)16-8-7-14(16)13-19-18(4,5)6/h9,14,16,19H,7-8,10-13H2,1-6H3. The molecular formula is C18H34N2. The lowest BCUT2D eigenvalue weighted by Gasteiger charge is -2.47. The summed E-state index contributed by atoms with van der Waals surface area (Å²) in [5.41, 5.74) is 2.26. The van der Waals surface area contributed by atoms with E-state index in [0.717, 1.165) is 12.0 Å². The zero-order valence-corrected chi connectivity index (χ0v) is 14.4. The quantitative estimate of drug-likeness (QED) is 0.789. The van der Waals surface area contributed by atoms with Crippen LogP contribution in [0.15, 0.2) is 11.6 Å². The SMILES string of the molecule is CC(C)(C)NCC1CCC1N1CC=C(C(C)(C)C)CC1. The van der Waals surface area contributed by atoms with E-state index in [2.05, 4.69) is 57.8 Å². The van der Waals surface area contributed by atoms with Gasteiger partial charge in [-0.3, -0.25) is 4.90 Å². The van der Waals surface area contributed by atoms with Crippen LogP contribution in [-0.2, 0) is 0 Å². The molecule has 0 bridgehead atoms. The summed E-state index contributed by atoms with van der Waals surface area (Å²) >= 11 is 0. The summed E-state index contributed by atoms with van der Waals surface area (Å²) in [6.07, 6.45) is 6.56. The lowest BCUT2D eigenvalue weighted by molar-refractivity contribution is 0.0629. The van der Waals surface area contributed by atoms with Crippen molar-refractivity contribution >= 4 is 0 Å². The molecular weight excluding hydrogens is 244 g/mol. The number of nitrogens with zero attached hydrogens (tertiary/aromatic N) is 1. The van der Waals surface area contributed by atoms with Crippen LogP contribution in [0.3, 0.4) is 0 Å². The second-order valence-electron chi connectivity index (χ2n) is 8.76. The van der Waals surface area contributed by atoms with Crippen molar-refractivity contribution < 1.29 is 0 Å². The molecule has 1 heterocycles. The molecule has 0 aromatic heterocycles. The van der Waals surface area contributed by atoms with Crippen molar-refractivity contribution in [3.05, 3.63) is 11.6 Å². The maximum atomic E-state index is 3.68. The summed E-state index contributed by atoms with van der Waals surface area (Å²) in [5, 5.41) is 3.68. The van der Waals surface area contributed by atoms with Gasteiger partial charge in [0.25, 0.3) is 0 Å². The first-order valence-electron chi connectivity index (χ1n) is 8.35. The van der Waals surface area contributed by atoms with Gasteiger partial charge in [0, 0.05) is 24.7 Å². The summed E-state index contributed by atoms with van der Waals surface area (Å²) in [4.78, 5) is 2.72. The molecule has 1 saturated carbocycles. The smallest absolute Gasteiger partial charge is 0.0169 e. The Morgan fingerprint density at radius 2 is 1.85 bits per heavy atom. The number of hydrogen-bond acceptors (Lipinski definition) is 2. The zero-order chi connectivity index (χ0) is 15.0. The molecule has 0 aromatic carbocycles. The fraction of sp³-hybridized carbons (Fsp3) is 0.889. The summed E-state index contributed by atoms with van der Waals surface area (Å²) in [6.45, 7) is 17.4. The average Bonchev–Trinajstić information content (AvgIpc) is 2.25. The van der Waals surface area contributed by atoms with E-state index in [-0.39, 0.29) is 5.54 Å². The molecule has 116 valence electrons. The van der Waals surface area contributed by atoms with Gasteiger partial charge in [-0.15, -0.1) is 0 Å². The minimum Gasteiger partial charge on any atom is -0.312 e. The Morgan fingerprint density at radius 3 is 2.25 bits per heavy atom. The van der Waals surface area contributed by atoms with Crippen LogP contribution in [-0.4, -0.2) is 36.1 Å². The van der Waals surface area contributed by atoms with E-state index in [9.17, 15) is 0 Å². The minimum absolute atomic E-state index is 0.251. The van der Waals surface area contributed by atoms with Crippen molar-refractivity contribution in [1.29, 1.82) is 0 Å². The fourth-order valence-electron chi connectivity index (χ4n) is 3.37. The van der Waals surface area contributed by atoms with E-state index in [4.69, 9.17) is 0 Å². The molecule has 0 spiro atoms. The van der Waals surface area contributed by atoms with Gasteiger partial charge in [0.1, 0.15) is 0 Å². The van der Waals surface area contributed by atoms with E-state index in [0.29, 0.717) is 5.41 Å². The maximum absolute atomic E-state index is 3.68. The van der Waals surface area contributed by atoms with Crippen molar-refractivity contribution in [2.45, 2.75) is 72.4 Å². The van der Waals surface area contributed by atoms with E-state index >= 15 is 0 Å². The number of rotatable bonds is 3. The predicted octanol–water partition coefficient (Wildman–Crippen LogP) is 3.83. The molecule has 1 aliphatic heterocycles. The highest BCUT2D eigenvalue weighted by molar-refractivity contribution is 5.15. The van der Waals surface area contributed by atoms with Crippen LogP contribution < -0.4 is 5.32 Å². The van der Waals surface area contributed by atoms with Crippen LogP contribution in [0.2, 0.25) is 0 Å². The Labute approximate surface area is 126 Å². The molecule has 2 heteroatoms. The fourth-order valence-corrected chi connectivity index (χ4v) is 3.37. The first-order chi connectivity index (χ1) is 9.17. The third kappa shape index (κ3) is 4.08. The Balaban J connectivity index is 1.84. The van der Waals surface area contributed by atoms with Gasteiger partial charge in [-0.05, 0) is 57.9 Å². The van der Waals surface area contributed by atoms with Crippen LogP contribution in [0.1, 0.15) is 60.8 Å². The third-order valence-corrected chi connectivity index (χ3v) is 4.94. The highest BCUT2D eigenvalue weighted by Gasteiger charge is 2.36. The predicted molar refractivity (Wildman–Crippen MR) is 88.0 cm³/mol. The summed E-state index contributed by atoms with van der Waals surface area (Å²) in [6, 6.07) is 0.822. The van der Waals surface area contributed by atoms with E-state index in [1.165, 1.54) is 38.9 Å². The highest BCUT2D eigenvalue weighted by Crippen LogP contribution is 2.36. The molecule has 1 N–H and O–H groups in total. The van der Waals surface area contributed by atoms with Gasteiger partial charge < -0.3 is 5.32 Å². The lowest BCUT2D eigenvalue weighted by atomic mass is 9.76. The van der Waals surface area contributed by atoms with Crippen LogP contribution in [0.5, 0.6) is 0 Å². The van der Waals surface area contributed by atoms with Gasteiger partial charge in [-0.2, -0.15) is 0 Å². The van der Waals surface area contributed by atoms with Crippen LogP contribution >= 0.6 is 0 Å². The highest BCUT2D eigenvalue weighted by atomic mass is 15.2. The van der Waals surface area contributed by atoms with Crippen molar-refractivity contribution in [3.8, 4) is 0 Å². The molecule has 0 aromatic rings. The molecule has 2 atom stereocenters. The monoisotopic (exact) mass is 278 g/mol. The second kappa shape index (κ2) is 5.81. The maximum Gasteiger partial charge on any atom is 0.0169 e. The molecule has 2 aliphatic rings. The molecule has 0 saturated heterocycles. The Morgan fingerprint density at radius 1 is 1.15 bits per heavy atom. The van der Waals surface area contributed by atoms with Gasteiger partial charge in [0.05, 0.1) is 0 Å². The van der Waals surface area contributed by atoms with Gasteiger partial charge in [0.15, 0.2) is 0 Å². The van der Waals surface area contributed by atoms with Gasteiger partial charge >= 0.3 is 0 Å². The minimum atomic E-state index is 0.251. The summed E-state index contributed by atoms with van der Waals surface area (Å²) in [7, 11) is 0. The Bertz CT molecular complexity index is 357. The average molecular weight is 278 g/mol. The number of hydrogen-bond donors (Lipinski definition) is 1. The zero-order valence-electron chi connectivity index (χ0n) is 14.4. The summed E-state index contributed by atoms with van der Waals surface area (Å²) < 4.78 is 0. The number of nitrogens with one attached hydrogen (secondary N) is 1. The molecule has 1 fully saturated rings. The van der Waals surface area contributed by atoms with Crippen LogP contribution in [0.25, 0.3) is 0 Å². The second-order valence-corrected chi connectivity index (χ2v) is 8.76. The largest absolute Gasteiger partial charge is 0.312 e. The normalized spacial score (nSPS) is 29.0. The van der Waals surface area contributed by atoms with Gasteiger partial charge in [-0.1, -0.05) is 32.4 Å². The molecule has 2 nitrogen and oxygen atoms in total. The van der Waals surface area contributed by atoms with Crippen LogP contribution in [0, 0.1) is 11.3 Å².